The quantitative estimate of drug-likeness (QED) is 0.442. The van der Waals surface area contributed by atoms with Crippen LogP contribution in [0.4, 0.5) is 11.4 Å². The lowest BCUT2D eigenvalue weighted by atomic mass is 9.83. The van der Waals surface area contributed by atoms with E-state index >= 15 is 0 Å². The molecule has 0 spiro atoms. The Morgan fingerprint density at radius 3 is 2.03 bits per heavy atom. The van der Waals surface area contributed by atoms with E-state index in [1.807, 2.05) is 0 Å². The summed E-state index contributed by atoms with van der Waals surface area (Å²) in [6, 6.07) is 11.5. The summed E-state index contributed by atoms with van der Waals surface area (Å²) in [6.07, 6.45) is -0.192. The highest BCUT2D eigenvalue weighted by Crippen LogP contribution is 2.41. The normalized spacial score (nSPS) is 23.2. The number of esters is 1. The topological polar surface area (TPSA) is 121 Å². The predicted octanol–water partition coefficient (Wildman–Crippen LogP) is 2.02. The molecule has 4 amide bonds. The number of anilines is 2. The average Bonchev–Trinajstić information content (AvgIpc) is 3.15. The molecule has 2 saturated heterocycles. The zero-order chi connectivity index (χ0) is 23.2. The molecule has 2 aliphatic rings. The predicted molar refractivity (Wildman–Crippen MR) is 112 cm³/mol. The molecule has 3 unspecified atom stereocenters. The highest BCUT2D eigenvalue weighted by atomic mass is 16.5. The number of benzene rings is 2. The molecule has 0 aliphatic carbocycles. The van der Waals surface area contributed by atoms with Crippen LogP contribution < -0.4 is 14.5 Å². The van der Waals surface area contributed by atoms with Gasteiger partial charge in [-0.05, 0) is 48.5 Å². The van der Waals surface area contributed by atoms with Crippen LogP contribution >= 0.6 is 0 Å². The maximum absolute atomic E-state index is 13.2. The SMILES string of the molecule is CC(=O)Oc1ccc(N2C(=O)CC(C3C(=O)N(c4ccc(O)cc4)C(=O)C3C)C2=O)cc1. The van der Waals surface area contributed by atoms with Crippen molar-refractivity contribution in [2.75, 3.05) is 9.80 Å². The van der Waals surface area contributed by atoms with Gasteiger partial charge in [-0.25, -0.2) is 0 Å². The van der Waals surface area contributed by atoms with Gasteiger partial charge >= 0.3 is 5.97 Å². The molecule has 9 heteroatoms. The van der Waals surface area contributed by atoms with Crippen LogP contribution in [-0.2, 0) is 24.0 Å². The largest absolute Gasteiger partial charge is 0.508 e. The van der Waals surface area contributed by atoms with Crippen LogP contribution in [0.1, 0.15) is 20.3 Å². The Bertz CT molecular complexity index is 1120. The van der Waals surface area contributed by atoms with E-state index in [9.17, 15) is 29.1 Å². The number of hydrogen-bond donors (Lipinski definition) is 1. The summed E-state index contributed by atoms with van der Waals surface area (Å²) in [6.45, 7) is 2.83. The lowest BCUT2D eigenvalue weighted by Gasteiger charge is -2.19. The standard InChI is InChI=1S/C23H20N2O7/c1-12-20(23(31)25(21(12)29)15-3-7-16(27)8-4-15)18-11-19(28)24(22(18)30)14-5-9-17(10-6-14)32-13(2)26/h3-10,12,18,20,27H,11H2,1-2H3. The fraction of sp³-hybridized carbons (Fsp3) is 0.261. The van der Waals surface area contributed by atoms with Crippen molar-refractivity contribution < 1.29 is 33.8 Å². The monoisotopic (exact) mass is 436 g/mol. The number of phenolic OH excluding ortho intramolecular Hbond substituents is 1. The van der Waals surface area contributed by atoms with Crippen LogP contribution in [0.5, 0.6) is 11.5 Å². The van der Waals surface area contributed by atoms with Gasteiger partial charge < -0.3 is 9.84 Å². The Morgan fingerprint density at radius 2 is 1.44 bits per heavy atom. The van der Waals surface area contributed by atoms with Gasteiger partial charge in [0.05, 0.1) is 23.2 Å². The van der Waals surface area contributed by atoms with E-state index < -0.39 is 47.4 Å². The van der Waals surface area contributed by atoms with Crippen LogP contribution in [0.15, 0.2) is 48.5 Å². The van der Waals surface area contributed by atoms with Gasteiger partial charge in [0.2, 0.25) is 23.6 Å². The van der Waals surface area contributed by atoms with Gasteiger partial charge in [-0.15, -0.1) is 0 Å². The van der Waals surface area contributed by atoms with E-state index in [0.29, 0.717) is 11.4 Å². The van der Waals surface area contributed by atoms with Crippen molar-refractivity contribution in [2.45, 2.75) is 20.3 Å². The molecule has 32 heavy (non-hydrogen) atoms. The third kappa shape index (κ3) is 3.51. The summed E-state index contributed by atoms with van der Waals surface area (Å²) in [5.41, 5.74) is 0.583. The number of carbonyl (C=O) groups excluding carboxylic acids is 5. The molecule has 0 aromatic heterocycles. The van der Waals surface area contributed by atoms with E-state index in [1.165, 1.54) is 55.5 Å². The molecular formula is C23H20N2O7. The second-order valence-corrected chi connectivity index (χ2v) is 7.81. The minimum Gasteiger partial charge on any atom is -0.508 e. The van der Waals surface area contributed by atoms with Crippen molar-refractivity contribution in [3.8, 4) is 11.5 Å². The molecule has 164 valence electrons. The number of hydrogen-bond acceptors (Lipinski definition) is 7. The minimum atomic E-state index is -0.974. The first kappa shape index (κ1) is 21.2. The van der Waals surface area contributed by atoms with Crippen LogP contribution in [-0.4, -0.2) is 34.7 Å². The molecule has 2 aromatic rings. The third-order valence-corrected chi connectivity index (χ3v) is 5.73. The Balaban J connectivity index is 1.59. The highest BCUT2D eigenvalue weighted by molar-refractivity contribution is 6.26. The number of nitrogens with zero attached hydrogens (tertiary/aromatic N) is 2. The maximum Gasteiger partial charge on any atom is 0.308 e. The number of carbonyl (C=O) groups is 5. The van der Waals surface area contributed by atoms with Crippen LogP contribution in [0.2, 0.25) is 0 Å². The lowest BCUT2D eigenvalue weighted by Crippen LogP contribution is -2.36. The fourth-order valence-electron chi connectivity index (χ4n) is 4.24. The Hall–Kier alpha value is -4.01. The van der Waals surface area contributed by atoms with Crippen LogP contribution in [0.3, 0.4) is 0 Å². The van der Waals surface area contributed by atoms with Gasteiger partial charge in [-0.2, -0.15) is 0 Å². The maximum atomic E-state index is 13.2. The second-order valence-electron chi connectivity index (χ2n) is 7.81. The number of rotatable bonds is 4. The summed E-state index contributed by atoms with van der Waals surface area (Å²) in [7, 11) is 0. The number of aromatic hydroxyl groups is 1. The molecule has 0 bridgehead atoms. The van der Waals surface area contributed by atoms with Gasteiger partial charge in [0.1, 0.15) is 11.5 Å². The van der Waals surface area contributed by atoms with Crippen molar-refractivity contribution in [1.82, 2.24) is 0 Å². The highest BCUT2D eigenvalue weighted by Gasteiger charge is 2.55. The van der Waals surface area contributed by atoms with E-state index in [0.717, 1.165) is 9.80 Å². The summed E-state index contributed by atoms with van der Waals surface area (Å²) in [5, 5.41) is 9.47. The zero-order valence-electron chi connectivity index (χ0n) is 17.3. The third-order valence-electron chi connectivity index (χ3n) is 5.73. The molecule has 2 aliphatic heterocycles. The average molecular weight is 436 g/mol. The van der Waals surface area contributed by atoms with Crippen LogP contribution in [0, 0.1) is 17.8 Å². The van der Waals surface area contributed by atoms with Gasteiger partial charge in [-0.1, -0.05) is 6.92 Å². The van der Waals surface area contributed by atoms with Crippen LogP contribution in [0.25, 0.3) is 0 Å². The molecule has 2 fully saturated rings. The van der Waals surface area contributed by atoms with E-state index in [2.05, 4.69) is 0 Å². The Labute approximate surface area is 183 Å². The number of imide groups is 2. The minimum absolute atomic E-state index is 0.00984. The first-order valence-corrected chi connectivity index (χ1v) is 10.0. The lowest BCUT2D eigenvalue weighted by molar-refractivity contribution is -0.132. The molecular weight excluding hydrogens is 416 g/mol. The zero-order valence-corrected chi connectivity index (χ0v) is 17.3. The van der Waals surface area contributed by atoms with Crippen molar-refractivity contribution >= 4 is 41.0 Å². The van der Waals surface area contributed by atoms with E-state index in [4.69, 9.17) is 4.74 Å². The number of phenols is 1. The molecule has 0 saturated carbocycles. The van der Waals surface area contributed by atoms with Gasteiger partial charge in [0, 0.05) is 19.3 Å². The number of amides is 4. The fourth-order valence-corrected chi connectivity index (χ4v) is 4.24. The van der Waals surface area contributed by atoms with E-state index in [1.54, 1.807) is 6.92 Å². The van der Waals surface area contributed by atoms with Crippen molar-refractivity contribution in [2.24, 2.45) is 17.8 Å². The van der Waals surface area contributed by atoms with Crippen molar-refractivity contribution in [3.63, 3.8) is 0 Å². The molecule has 1 N–H and O–H groups in total. The molecule has 4 rings (SSSR count). The summed E-state index contributed by atoms with van der Waals surface area (Å²) < 4.78 is 4.96. The Morgan fingerprint density at radius 1 is 0.875 bits per heavy atom. The van der Waals surface area contributed by atoms with Crippen molar-refractivity contribution in [1.29, 1.82) is 0 Å². The molecule has 9 nitrogen and oxygen atoms in total. The summed E-state index contributed by atoms with van der Waals surface area (Å²) in [4.78, 5) is 64.9. The van der Waals surface area contributed by atoms with Gasteiger partial charge in [-0.3, -0.25) is 33.8 Å². The first-order chi connectivity index (χ1) is 15.2. The molecule has 3 atom stereocenters. The van der Waals surface area contributed by atoms with Gasteiger partial charge in [0.25, 0.3) is 0 Å². The number of ether oxygens (including phenoxy) is 1. The van der Waals surface area contributed by atoms with Crippen molar-refractivity contribution in [3.05, 3.63) is 48.5 Å². The first-order valence-electron chi connectivity index (χ1n) is 10.0. The van der Waals surface area contributed by atoms with Gasteiger partial charge in [0.15, 0.2) is 0 Å². The smallest absolute Gasteiger partial charge is 0.308 e. The molecule has 2 aromatic carbocycles. The second kappa shape index (κ2) is 7.92. The molecule has 0 radical (unpaired) electrons. The van der Waals surface area contributed by atoms with E-state index in [-0.39, 0.29) is 17.9 Å². The Kier molecular flexibility index (Phi) is 5.25. The summed E-state index contributed by atoms with van der Waals surface area (Å²) in [5.74, 6) is -5.01. The summed E-state index contributed by atoms with van der Waals surface area (Å²) >= 11 is 0. The molecule has 2 heterocycles.